The molecule has 0 spiro atoms. The van der Waals surface area contributed by atoms with Crippen molar-refractivity contribution in [2.45, 2.75) is 31.9 Å². The zero-order valence-electron chi connectivity index (χ0n) is 12.1. The third-order valence-electron chi connectivity index (χ3n) is 3.25. The van der Waals surface area contributed by atoms with E-state index in [-0.39, 0.29) is 12.0 Å². The molecule has 114 valence electrons. The monoisotopic (exact) mass is 309 g/mol. The number of carbonyl (C=O) groups excluding carboxylic acids is 1. The predicted octanol–water partition coefficient (Wildman–Crippen LogP) is 2.16. The van der Waals surface area contributed by atoms with Gasteiger partial charge in [-0.05, 0) is 44.2 Å². The summed E-state index contributed by atoms with van der Waals surface area (Å²) in [5.41, 5.74) is -0.748. The van der Waals surface area contributed by atoms with Crippen molar-refractivity contribution in [1.29, 1.82) is 0 Å². The van der Waals surface area contributed by atoms with E-state index in [0.717, 1.165) is 5.75 Å². The molecule has 1 saturated heterocycles. The first-order valence-electron chi connectivity index (χ1n) is 6.83. The molecule has 0 aliphatic carbocycles. The van der Waals surface area contributed by atoms with Gasteiger partial charge in [0, 0.05) is 11.3 Å². The summed E-state index contributed by atoms with van der Waals surface area (Å²) in [6, 6.07) is 6.78. The Morgan fingerprint density at radius 1 is 1.43 bits per heavy atom. The maximum Gasteiger partial charge on any atom is 0.330 e. The summed E-state index contributed by atoms with van der Waals surface area (Å²) in [7, 11) is 0. The van der Waals surface area contributed by atoms with Crippen LogP contribution in [0.2, 0.25) is 0 Å². The molecule has 1 aromatic carbocycles. The number of carboxylic acids is 1. The maximum absolute atomic E-state index is 12.3. The van der Waals surface area contributed by atoms with E-state index in [1.165, 1.54) is 11.8 Å². The highest BCUT2D eigenvalue weighted by Crippen LogP contribution is 2.28. The number of aliphatic carboxylic acids is 1. The number of carbonyl (C=O) groups is 2. The zero-order chi connectivity index (χ0) is 15.5. The van der Waals surface area contributed by atoms with Crippen LogP contribution in [0.15, 0.2) is 24.3 Å². The van der Waals surface area contributed by atoms with Crippen LogP contribution in [-0.2, 0) is 4.79 Å². The van der Waals surface area contributed by atoms with Crippen LogP contribution in [0.3, 0.4) is 0 Å². The van der Waals surface area contributed by atoms with Crippen molar-refractivity contribution in [2.75, 3.05) is 11.5 Å². The average Bonchev–Trinajstić information content (AvgIpc) is 2.88. The molecule has 1 heterocycles. The van der Waals surface area contributed by atoms with E-state index in [0.29, 0.717) is 23.5 Å². The second kappa shape index (κ2) is 6.39. The first kappa shape index (κ1) is 15.7. The fourth-order valence-electron chi connectivity index (χ4n) is 2.16. The highest BCUT2D eigenvalue weighted by Gasteiger charge is 2.43. The van der Waals surface area contributed by atoms with E-state index in [4.69, 9.17) is 4.74 Å². The minimum atomic E-state index is -1.16. The lowest BCUT2D eigenvalue weighted by molar-refractivity contribution is -0.143. The van der Waals surface area contributed by atoms with Gasteiger partial charge < -0.3 is 15.2 Å². The number of ether oxygens (including phenoxy) is 1. The van der Waals surface area contributed by atoms with Crippen LogP contribution in [0, 0.1) is 0 Å². The lowest BCUT2D eigenvalue weighted by Crippen LogP contribution is -2.54. The Kier molecular flexibility index (Phi) is 4.77. The zero-order valence-corrected chi connectivity index (χ0v) is 12.9. The van der Waals surface area contributed by atoms with Crippen LogP contribution >= 0.6 is 11.8 Å². The van der Waals surface area contributed by atoms with Gasteiger partial charge in [0.05, 0.1) is 6.10 Å². The number of rotatable bonds is 5. The second-order valence-corrected chi connectivity index (χ2v) is 6.44. The molecule has 0 saturated carbocycles. The van der Waals surface area contributed by atoms with E-state index >= 15 is 0 Å². The molecular formula is C15H19NO4S. The third-order valence-corrected chi connectivity index (χ3v) is 4.44. The molecule has 0 aromatic heterocycles. The molecule has 1 aliphatic heterocycles. The molecule has 21 heavy (non-hydrogen) atoms. The number of benzene rings is 1. The first-order valence-corrected chi connectivity index (χ1v) is 7.99. The molecule has 1 fully saturated rings. The Morgan fingerprint density at radius 3 is 2.76 bits per heavy atom. The van der Waals surface area contributed by atoms with E-state index in [1.807, 2.05) is 13.8 Å². The van der Waals surface area contributed by atoms with E-state index in [1.54, 1.807) is 24.3 Å². The van der Waals surface area contributed by atoms with Crippen molar-refractivity contribution in [3.63, 3.8) is 0 Å². The standard InChI is InChI=1S/C15H19NO4S/c1-10(2)20-12-5-3-4-11(8-12)13(17)16-15(14(18)19)6-7-21-9-15/h3-5,8,10H,6-7,9H2,1-2H3,(H,16,17)(H,18,19). The summed E-state index contributed by atoms with van der Waals surface area (Å²) in [5.74, 6) is 0.381. The van der Waals surface area contributed by atoms with Crippen LogP contribution < -0.4 is 10.1 Å². The van der Waals surface area contributed by atoms with Crippen LogP contribution in [0.5, 0.6) is 5.75 Å². The normalized spacial score (nSPS) is 21.3. The minimum Gasteiger partial charge on any atom is -0.491 e. The summed E-state index contributed by atoms with van der Waals surface area (Å²) in [6.07, 6.45) is 0.459. The highest BCUT2D eigenvalue weighted by molar-refractivity contribution is 7.99. The molecule has 1 amide bonds. The maximum atomic E-state index is 12.3. The fraction of sp³-hybridized carbons (Fsp3) is 0.467. The van der Waals surface area contributed by atoms with Gasteiger partial charge in [-0.3, -0.25) is 4.79 Å². The fourth-order valence-corrected chi connectivity index (χ4v) is 3.48. The second-order valence-electron chi connectivity index (χ2n) is 5.34. The summed E-state index contributed by atoms with van der Waals surface area (Å²) < 4.78 is 5.55. The molecular weight excluding hydrogens is 290 g/mol. The minimum absolute atomic E-state index is 0.0138. The summed E-state index contributed by atoms with van der Waals surface area (Å²) in [5, 5.41) is 12.1. The lowest BCUT2D eigenvalue weighted by atomic mass is 9.98. The van der Waals surface area contributed by atoms with Gasteiger partial charge in [0.2, 0.25) is 0 Å². The Morgan fingerprint density at radius 2 is 2.19 bits per heavy atom. The number of nitrogens with one attached hydrogen (secondary N) is 1. The molecule has 2 rings (SSSR count). The molecule has 1 atom stereocenters. The van der Waals surface area contributed by atoms with Crippen molar-refractivity contribution in [3.05, 3.63) is 29.8 Å². The molecule has 1 unspecified atom stereocenters. The Hall–Kier alpha value is -1.69. The predicted molar refractivity (Wildman–Crippen MR) is 82.0 cm³/mol. The lowest BCUT2D eigenvalue weighted by Gasteiger charge is -2.24. The number of thioether (sulfide) groups is 1. The molecule has 5 nitrogen and oxygen atoms in total. The summed E-state index contributed by atoms with van der Waals surface area (Å²) in [6.45, 7) is 3.81. The largest absolute Gasteiger partial charge is 0.491 e. The van der Waals surface area contributed by atoms with Gasteiger partial charge in [0.1, 0.15) is 11.3 Å². The molecule has 1 aromatic rings. The van der Waals surface area contributed by atoms with Gasteiger partial charge in [-0.15, -0.1) is 0 Å². The topological polar surface area (TPSA) is 75.6 Å². The Balaban J connectivity index is 2.14. The van der Waals surface area contributed by atoms with Gasteiger partial charge in [-0.2, -0.15) is 11.8 Å². The van der Waals surface area contributed by atoms with Gasteiger partial charge in [-0.1, -0.05) is 6.07 Å². The Labute approximate surface area is 128 Å². The number of carboxylic acid groups (broad SMARTS) is 1. The molecule has 1 aliphatic rings. The molecule has 0 bridgehead atoms. The van der Waals surface area contributed by atoms with Gasteiger partial charge in [-0.25, -0.2) is 4.79 Å². The van der Waals surface area contributed by atoms with Crippen LogP contribution in [0.4, 0.5) is 0 Å². The van der Waals surface area contributed by atoms with Gasteiger partial charge >= 0.3 is 5.97 Å². The van der Waals surface area contributed by atoms with Crippen LogP contribution in [0.1, 0.15) is 30.6 Å². The van der Waals surface area contributed by atoms with Crippen molar-refractivity contribution in [3.8, 4) is 5.75 Å². The number of amides is 1. The van der Waals surface area contributed by atoms with Crippen LogP contribution in [0.25, 0.3) is 0 Å². The Bertz CT molecular complexity index is 538. The molecule has 0 radical (unpaired) electrons. The van der Waals surface area contributed by atoms with Crippen LogP contribution in [-0.4, -0.2) is 40.1 Å². The van der Waals surface area contributed by atoms with Crippen molar-refractivity contribution in [2.24, 2.45) is 0 Å². The van der Waals surface area contributed by atoms with E-state index in [2.05, 4.69) is 5.32 Å². The number of hydrogen-bond donors (Lipinski definition) is 2. The van der Waals surface area contributed by atoms with E-state index in [9.17, 15) is 14.7 Å². The van der Waals surface area contributed by atoms with Crippen molar-refractivity contribution < 1.29 is 19.4 Å². The summed E-state index contributed by atoms with van der Waals surface area (Å²) >= 11 is 1.54. The third kappa shape index (κ3) is 3.69. The van der Waals surface area contributed by atoms with Crippen molar-refractivity contribution >= 4 is 23.6 Å². The first-order chi connectivity index (χ1) is 9.93. The van der Waals surface area contributed by atoms with Crippen molar-refractivity contribution in [1.82, 2.24) is 5.32 Å². The van der Waals surface area contributed by atoms with Gasteiger partial charge in [0.15, 0.2) is 0 Å². The van der Waals surface area contributed by atoms with E-state index < -0.39 is 11.5 Å². The average molecular weight is 309 g/mol. The van der Waals surface area contributed by atoms with Gasteiger partial charge in [0.25, 0.3) is 5.91 Å². The number of hydrogen-bond acceptors (Lipinski definition) is 4. The SMILES string of the molecule is CC(C)Oc1cccc(C(=O)NC2(C(=O)O)CCSC2)c1. The molecule has 6 heteroatoms. The quantitative estimate of drug-likeness (QED) is 0.872. The summed E-state index contributed by atoms with van der Waals surface area (Å²) in [4.78, 5) is 23.8. The smallest absolute Gasteiger partial charge is 0.330 e. The molecule has 2 N–H and O–H groups in total. The highest BCUT2D eigenvalue weighted by atomic mass is 32.2.